The smallest absolute Gasteiger partial charge is 0.141 e. The van der Waals surface area contributed by atoms with Gasteiger partial charge in [-0.15, -0.1) is 0 Å². The Bertz CT molecular complexity index is 1060. The average molecular weight is 453 g/mol. The van der Waals surface area contributed by atoms with Crippen molar-refractivity contribution in [2.45, 2.75) is 25.8 Å². The molecule has 0 unspecified atom stereocenters. The molecule has 0 bridgehead atoms. The van der Waals surface area contributed by atoms with Crippen molar-refractivity contribution >= 4 is 51.4 Å². The molecule has 4 rings (SSSR count). The van der Waals surface area contributed by atoms with E-state index in [1.54, 1.807) is 26.5 Å². The number of hydrogen-bond donors (Lipinski definition) is 1. The average Bonchev–Trinajstić information content (AvgIpc) is 3.54. The van der Waals surface area contributed by atoms with E-state index in [9.17, 15) is 0 Å². The molecule has 0 radical (unpaired) electrons. The third kappa shape index (κ3) is 3.91. The van der Waals surface area contributed by atoms with Gasteiger partial charge in [0.2, 0.25) is 0 Å². The molecule has 1 N–H and O–H groups in total. The van der Waals surface area contributed by atoms with Gasteiger partial charge in [-0.25, -0.2) is 9.97 Å². The number of benzene rings is 1. The maximum Gasteiger partial charge on any atom is 0.141 e. The molecule has 1 fully saturated rings. The Morgan fingerprint density at radius 2 is 1.69 bits per heavy atom. The number of fused-ring (bicyclic) bond motifs is 1. The molecule has 2 heterocycles. The molecule has 5 nitrogen and oxygen atoms in total. The standard InChI is InChI=1S/C21H20Cl3N3O2/c1-10(11-4-5-11)26-21-13-7-17(22)25-9-12(13)6-14(27-21)18-19(23)15(28-2)8-16(29-3)20(18)24/h6-11H,4-5H2,1-3H3,(H,26,27)/t10-/m0/s1. The molecule has 3 aromatic rings. The Balaban J connectivity index is 1.94. The number of anilines is 1. The number of nitrogens with zero attached hydrogens (tertiary/aromatic N) is 2. The summed E-state index contributed by atoms with van der Waals surface area (Å²) in [6, 6.07) is 5.65. The molecule has 1 aliphatic carbocycles. The van der Waals surface area contributed by atoms with Gasteiger partial charge in [-0.05, 0) is 37.8 Å². The number of nitrogens with one attached hydrogen (secondary N) is 1. The first-order chi connectivity index (χ1) is 13.9. The Morgan fingerprint density at radius 3 is 2.28 bits per heavy atom. The molecule has 0 amide bonds. The maximum atomic E-state index is 6.61. The summed E-state index contributed by atoms with van der Waals surface area (Å²) in [6.07, 6.45) is 4.16. The fraction of sp³-hybridized carbons (Fsp3) is 0.333. The zero-order valence-corrected chi connectivity index (χ0v) is 18.5. The summed E-state index contributed by atoms with van der Waals surface area (Å²) in [7, 11) is 3.09. The van der Waals surface area contributed by atoms with Crippen molar-refractivity contribution in [3.8, 4) is 22.8 Å². The first-order valence-corrected chi connectivity index (χ1v) is 10.4. The predicted molar refractivity (Wildman–Crippen MR) is 119 cm³/mol. The van der Waals surface area contributed by atoms with Crippen LogP contribution in [0.4, 0.5) is 5.82 Å². The van der Waals surface area contributed by atoms with Crippen molar-refractivity contribution in [3.05, 3.63) is 39.6 Å². The second kappa shape index (κ2) is 8.05. The number of ether oxygens (including phenoxy) is 2. The van der Waals surface area contributed by atoms with Gasteiger partial charge in [-0.3, -0.25) is 0 Å². The zero-order valence-electron chi connectivity index (χ0n) is 16.2. The van der Waals surface area contributed by atoms with Crippen molar-refractivity contribution < 1.29 is 9.47 Å². The van der Waals surface area contributed by atoms with Crippen LogP contribution in [0, 0.1) is 5.92 Å². The number of rotatable bonds is 6. The topological polar surface area (TPSA) is 56.3 Å². The van der Waals surface area contributed by atoms with E-state index in [0.29, 0.717) is 49.9 Å². The minimum atomic E-state index is 0.290. The minimum absolute atomic E-state index is 0.290. The van der Waals surface area contributed by atoms with E-state index < -0.39 is 0 Å². The van der Waals surface area contributed by atoms with Crippen LogP contribution in [0.3, 0.4) is 0 Å². The molecule has 8 heteroatoms. The second-order valence-electron chi connectivity index (χ2n) is 7.14. The molecule has 1 saturated carbocycles. The van der Waals surface area contributed by atoms with Crippen molar-refractivity contribution in [2.75, 3.05) is 19.5 Å². The van der Waals surface area contributed by atoms with Crippen molar-refractivity contribution in [3.63, 3.8) is 0 Å². The monoisotopic (exact) mass is 451 g/mol. The van der Waals surface area contributed by atoms with E-state index in [0.717, 1.165) is 16.6 Å². The minimum Gasteiger partial charge on any atom is -0.495 e. The van der Waals surface area contributed by atoms with E-state index in [2.05, 4.69) is 17.2 Å². The second-order valence-corrected chi connectivity index (χ2v) is 8.28. The largest absolute Gasteiger partial charge is 0.495 e. The summed E-state index contributed by atoms with van der Waals surface area (Å²) < 4.78 is 10.8. The van der Waals surface area contributed by atoms with Gasteiger partial charge in [-0.1, -0.05) is 34.8 Å². The van der Waals surface area contributed by atoms with E-state index in [1.807, 2.05) is 12.1 Å². The fourth-order valence-corrected chi connectivity index (χ4v) is 4.25. The first-order valence-electron chi connectivity index (χ1n) is 9.26. The van der Waals surface area contributed by atoms with E-state index in [4.69, 9.17) is 49.3 Å². The van der Waals surface area contributed by atoms with Gasteiger partial charge >= 0.3 is 0 Å². The number of aromatic nitrogens is 2. The van der Waals surface area contributed by atoms with Gasteiger partial charge in [0.25, 0.3) is 0 Å². The van der Waals surface area contributed by atoms with Crippen LogP contribution >= 0.6 is 34.8 Å². The number of hydrogen-bond acceptors (Lipinski definition) is 5. The van der Waals surface area contributed by atoms with Crippen LogP contribution in [0.25, 0.3) is 22.0 Å². The van der Waals surface area contributed by atoms with Gasteiger partial charge in [0, 0.05) is 34.6 Å². The molecular weight excluding hydrogens is 433 g/mol. The Morgan fingerprint density at radius 1 is 1.03 bits per heavy atom. The lowest BCUT2D eigenvalue weighted by Crippen LogP contribution is -2.18. The van der Waals surface area contributed by atoms with Crippen LogP contribution in [0.1, 0.15) is 19.8 Å². The quantitative estimate of drug-likeness (QED) is 0.433. The Labute approximate surface area is 184 Å². The van der Waals surface area contributed by atoms with Gasteiger partial charge in [-0.2, -0.15) is 0 Å². The fourth-order valence-electron chi connectivity index (χ4n) is 3.40. The van der Waals surface area contributed by atoms with Gasteiger partial charge in [0.05, 0.1) is 30.0 Å². The molecule has 2 aromatic heterocycles. The summed E-state index contributed by atoms with van der Waals surface area (Å²) in [5.74, 6) is 2.28. The van der Waals surface area contributed by atoms with Crippen molar-refractivity contribution in [2.24, 2.45) is 5.92 Å². The number of halogens is 3. The van der Waals surface area contributed by atoms with Gasteiger partial charge < -0.3 is 14.8 Å². The lowest BCUT2D eigenvalue weighted by molar-refractivity contribution is 0.395. The van der Waals surface area contributed by atoms with Crippen LogP contribution < -0.4 is 14.8 Å². The van der Waals surface area contributed by atoms with E-state index >= 15 is 0 Å². The highest BCUT2D eigenvalue weighted by molar-refractivity contribution is 6.41. The van der Waals surface area contributed by atoms with E-state index in [1.165, 1.54) is 12.8 Å². The van der Waals surface area contributed by atoms with Crippen LogP contribution in [-0.4, -0.2) is 30.2 Å². The predicted octanol–water partition coefficient (Wildman–Crippen LogP) is 6.48. The Kier molecular flexibility index (Phi) is 5.65. The summed E-state index contributed by atoms with van der Waals surface area (Å²) in [5.41, 5.74) is 1.14. The highest BCUT2D eigenvalue weighted by Gasteiger charge is 2.29. The van der Waals surface area contributed by atoms with Crippen molar-refractivity contribution in [1.29, 1.82) is 0 Å². The molecule has 1 aromatic carbocycles. The summed E-state index contributed by atoms with van der Waals surface area (Å²) in [4.78, 5) is 9.07. The lowest BCUT2D eigenvalue weighted by Gasteiger charge is -2.19. The molecular formula is C21H20Cl3N3O2. The molecule has 1 atom stereocenters. The van der Waals surface area contributed by atoms with Gasteiger partial charge in [0.1, 0.15) is 22.5 Å². The highest BCUT2D eigenvalue weighted by atomic mass is 35.5. The summed E-state index contributed by atoms with van der Waals surface area (Å²) >= 11 is 19.4. The van der Waals surface area contributed by atoms with Crippen molar-refractivity contribution in [1.82, 2.24) is 9.97 Å². The van der Waals surface area contributed by atoms with Crippen LogP contribution in [-0.2, 0) is 0 Å². The normalized spacial score (nSPS) is 14.7. The maximum absolute atomic E-state index is 6.61. The third-order valence-electron chi connectivity index (χ3n) is 5.20. The van der Waals surface area contributed by atoms with Crippen LogP contribution in [0.5, 0.6) is 11.5 Å². The summed E-state index contributed by atoms with van der Waals surface area (Å²) in [5, 5.41) is 6.45. The molecule has 29 heavy (non-hydrogen) atoms. The number of methoxy groups -OCH3 is 2. The lowest BCUT2D eigenvalue weighted by atomic mass is 10.1. The SMILES string of the molecule is COc1cc(OC)c(Cl)c(-c2cc3cnc(Cl)cc3c(N[C@@H](C)C3CC3)n2)c1Cl. The third-order valence-corrected chi connectivity index (χ3v) is 6.16. The van der Waals surface area contributed by atoms with Crippen LogP contribution in [0.2, 0.25) is 15.2 Å². The van der Waals surface area contributed by atoms with Gasteiger partial charge in [0.15, 0.2) is 0 Å². The first kappa shape index (κ1) is 20.3. The molecule has 1 aliphatic rings. The van der Waals surface area contributed by atoms with Crippen LogP contribution in [0.15, 0.2) is 24.4 Å². The Hall–Kier alpha value is -1.95. The highest BCUT2D eigenvalue weighted by Crippen LogP contribution is 2.46. The zero-order chi connectivity index (χ0) is 20.7. The molecule has 0 spiro atoms. The summed E-state index contributed by atoms with van der Waals surface area (Å²) in [6.45, 7) is 2.16. The number of pyridine rings is 2. The molecule has 0 saturated heterocycles. The van der Waals surface area contributed by atoms with E-state index in [-0.39, 0.29) is 0 Å². The molecule has 0 aliphatic heterocycles. The molecule has 152 valence electrons.